The second kappa shape index (κ2) is 8.32. The number of benzene rings is 1. The van der Waals surface area contributed by atoms with E-state index < -0.39 is 0 Å². The summed E-state index contributed by atoms with van der Waals surface area (Å²) < 4.78 is 0. The van der Waals surface area contributed by atoms with Gasteiger partial charge in [0.25, 0.3) is 0 Å². The predicted molar refractivity (Wildman–Crippen MR) is 87.7 cm³/mol. The molecule has 0 saturated heterocycles. The molecule has 2 N–H and O–H groups in total. The molecule has 0 radical (unpaired) electrons. The van der Waals surface area contributed by atoms with Crippen LogP contribution in [0.1, 0.15) is 51.0 Å². The Balaban J connectivity index is 1.76. The molecular formula is C17H23N3O2. The van der Waals surface area contributed by atoms with Crippen LogP contribution in [0.3, 0.4) is 0 Å². The van der Waals surface area contributed by atoms with Gasteiger partial charge >= 0.3 is 0 Å². The van der Waals surface area contributed by atoms with E-state index in [0.717, 1.165) is 24.1 Å². The third kappa shape index (κ3) is 5.68. The average Bonchev–Trinajstić information content (AvgIpc) is 2.49. The minimum atomic E-state index is -0.101. The van der Waals surface area contributed by atoms with E-state index in [1.807, 2.05) is 12.1 Å². The first kappa shape index (κ1) is 16.2. The number of rotatable bonds is 5. The zero-order chi connectivity index (χ0) is 15.8. The molecule has 2 rings (SSSR count). The predicted octanol–water partition coefficient (Wildman–Crippen LogP) is 3.07. The Hall–Kier alpha value is -2.17. The van der Waals surface area contributed by atoms with E-state index in [9.17, 15) is 9.59 Å². The Morgan fingerprint density at radius 3 is 2.50 bits per heavy atom. The number of nitrogens with zero attached hydrogens (tertiary/aromatic N) is 1. The van der Waals surface area contributed by atoms with Gasteiger partial charge in [-0.15, -0.1) is 0 Å². The summed E-state index contributed by atoms with van der Waals surface area (Å²) in [6.45, 7) is 1.47. The van der Waals surface area contributed by atoms with E-state index >= 15 is 0 Å². The van der Waals surface area contributed by atoms with Gasteiger partial charge in [0.2, 0.25) is 11.8 Å². The first-order valence-corrected chi connectivity index (χ1v) is 7.83. The van der Waals surface area contributed by atoms with E-state index in [1.165, 1.54) is 26.2 Å². The first-order chi connectivity index (χ1) is 10.6. The van der Waals surface area contributed by atoms with Gasteiger partial charge in [0.05, 0.1) is 6.21 Å². The highest BCUT2D eigenvalue weighted by Crippen LogP contribution is 2.25. The average molecular weight is 301 g/mol. The smallest absolute Gasteiger partial charge is 0.240 e. The van der Waals surface area contributed by atoms with Crippen LogP contribution in [-0.4, -0.2) is 18.0 Å². The Bertz CT molecular complexity index is 531. The van der Waals surface area contributed by atoms with Gasteiger partial charge in [-0.25, -0.2) is 5.43 Å². The molecule has 0 bridgehead atoms. The van der Waals surface area contributed by atoms with Crippen molar-refractivity contribution >= 4 is 23.7 Å². The second-order valence-corrected chi connectivity index (χ2v) is 5.80. The van der Waals surface area contributed by atoms with Crippen molar-refractivity contribution < 1.29 is 9.59 Å². The summed E-state index contributed by atoms with van der Waals surface area (Å²) in [7, 11) is 0. The SMILES string of the molecule is CC(=O)Nc1ccc(/C=N/NC(=O)CC2CCCCC2)cc1. The zero-order valence-corrected chi connectivity index (χ0v) is 13.0. The number of nitrogens with one attached hydrogen (secondary N) is 2. The van der Waals surface area contributed by atoms with Gasteiger partial charge in [-0.2, -0.15) is 5.10 Å². The van der Waals surface area contributed by atoms with Crippen LogP contribution in [0.15, 0.2) is 29.4 Å². The highest BCUT2D eigenvalue weighted by atomic mass is 16.2. The van der Waals surface area contributed by atoms with Gasteiger partial charge in [-0.05, 0) is 36.5 Å². The zero-order valence-electron chi connectivity index (χ0n) is 13.0. The molecule has 1 aliphatic rings. The van der Waals surface area contributed by atoms with E-state index in [4.69, 9.17) is 0 Å². The molecule has 1 aromatic rings. The number of carbonyl (C=O) groups is 2. The monoisotopic (exact) mass is 301 g/mol. The molecule has 118 valence electrons. The normalized spacial score (nSPS) is 15.7. The highest BCUT2D eigenvalue weighted by Gasteiger charge is 2.16. The van der Waals surface area contributed by atoms with Crippen LogP contribution in [0.4, 0.5) is 5.69 Å². The van der Waals surface area contributed by atoms with Crippen LogP contribution in [0, 0.1) is 5.92 Å². The molecule has 2 amide bonds. The van der Waals surface area contributed by atoms with Crippen LogP contribution >= 0.6 is 0 Å². The lowest BCUT2D eigenvalue weighted by Gasteiger charge is -2.20. The van der Waals surface area contributed by atoms with Crippen LogP contribution in [0.2, 0.25) is 0 Å². The fourth-order valence-electron chi connectivity index (χ4n) is 2.73. The minimum Gasteiger partial charge on any atom is -0.326 e. The fourth-order valence-corrected chi connectivity index (χ4v) is 2.73. The quantitative estimate of drug-likeness (QED) is 0.648. The summed E-state index contributed by atoms with van der Waals surface area (Å²) in [6.07, 6.45) is 8.26. The molecule has 1 fully saturated rings. The van der Waals surface area contributed by atoms with Gasteiger partial charge in [-0.3, -0.25) is 9.59 Å². The van der Waals surface area contributed by atoms with E-state index in [2.05, 4.69) is 15.8 Å². The maximum atomic E-state index is 11.8. The molecule has 0 spiro atoms. The van der Waals surface area contributed by atoms with Crippen molar-refractivity contribution in [1.82, 2.24) is 5.43 Å². The maximum Gasteiger partial charge on any atom is 0.240 e. The number of hydrogen-bond acceptors (Lipinski definition) is 3. The molecule has 5 heteroatoms. The van der Waals surface area contributed by atoms with Crippen LogP contribution in [-0.2, 0) is 9.59 Å². The summed E-state index contributed by atoms with van der Waals surface area (Å²) in [5.74, 6) is 0.398. The molecule has 1 aliphatic carbocycles. The Morgan fingerprint density at radius 1 is 1.18 bits per heavy atom. The molecule has 0 unspecified atom stereocenters. The van der Waals surface area contributed by atoms with Gasteiger partial charge in [-0.1, -0.05) is 31.4 Å². The highest BCUT2D eigenvalue weighted by molar-refractivity contribution is 5.89. The summed E-state index contributed by atoms with van der Waals surface area (Å²) in [5.41, 5.74) is 4.20. The number of carbonyl (C=O) groups excluding carboxylic acids is 2. The molecule has 5 nitrogen and oxygen atoms in total. The largest absolute Gasteiger partial charge is 0.326 e. The van der Waals surface area contributed by atoms with Gasteiger partial charge < -0.3 is 5.32 Å². The summed E-state index contributed by atoms with van der Waals surface area (Å²) in [5, 5.41) is 6.68. The van der Waals surface area contributed by atoms with Crippen molar-refractivity contribution in [2.24, 2.45) is 11.0 Å². The number of anilines is 1. The number of hydrogen-bond donors (Lipinski definition) is 2. The molecule has 1 saturated carbocycles. The van der Waals surface area contributed by atoms with Crippen molar-refractivity contribution in [3.63, 3.8) is 0 Å². The Kier molecular flexibility index (Phi) is 6.13. The van der Waals surface area contributed by atoms with Crippen LogP contribution < -0.4 is 10.7 Å². The first-order valence-electron chi connectivity index (χ1n) is 7.83. The van der Waals surface area contributed by atoms with Crippen molar-refractivity contribution in [3.8, 4) is 0 Å². The second-order valence-electron chi connectivity index (χ2n) is 5.80. The van der Waals surface area contributed by atoms with Gasteiger partial charge in [0.15, 0.2) is 0 Å². The third-order valence-electron chi connectivity index (χ3n) is 3.83. The van der Waals surface area contributed by atoms with Crippen molar-refractivity contribution in [1.29, 1.82) is 0 Å². The van der Waals surface area contributed by atoms with Crippen molar-refractivity contribution in [2.45, 2.75) is 45.4 Å². The van der Waals surface area contributed by atoms with E-state index in [1.54, 1.807) is 18.3 Å². The number of hydrazone groups is 1. The molecule has 0 aromatic heterocycles. The van der Waals surface area contributed by atoms with Gasteiger partial charge in [0.1, 0.15) is 0 Å². The molecule has 22 heavy (non-hydrogen) atoms. The molecule has 0 atom stereocenters. The minimum absolute atomic E-state index is 0.0157. The molecular weight excluding hydrogens is 278 g/mol. The lowest BCUT2D eigenvalue weighted by atomic mass is 9.87. The third-order valence-corrected chi connectivity index (χ3v) is 3.83. The Morgan fingerprint density at radius 2 is 1.86 bits per heavy atom. The summed E-state index contributed by atoms with van der Waals surface area (Å²) in [6, 6.07) is 7.27. The van der Waals surface area contributed by atoms with Crippen molar-refractivity contribution in [2.75, 3.05) is 5.32 Å². The Labute approximate surface area is 131 Å². The topological polar surface area (TPSA) is 70.6 Å². The maximum absolute atomic E-state index is 11.8. The molecule has 0 heterocycles. The molecule has 0 aliphatic heterocycles. The lowest BCUT2D eigenvalue weighted by Crippen LogP contribution is -2.22. The summed E-state index contributed by atoms with van der Waals surface area (Å²) >= 11 is 0. The van der Waals surface area contributed by atoms with Crippen LogP contribution in [0.5, 0.6) is 0 Å². The van der Waals surface area contributed by atoms with Crippen molar-refractivity contribution in [3.05, 3.63) is 29.8 Å². The van der Waals surface area contributed by atoms with E-state index in [-0.39, 0.29) is 11.8 Å². The lowest BCUT2D eigenvalue weighted by molar-refractivity contribution is -0.122. The number of amides is 2. The van der Waals surface area contributed by atoms with Gasteiger partial charge in [0, 0.05) is 19.0 Å². The fraction of sp³-hybridized carbons (Fsp3) is 0.471. The summed E-state index contributed by atoms with van der Waals surface area (Å²) in [4.78, 5) is 22.7. The molecule has 1 aromatic carbocycles. The van der Waals surface area contributed by atoms with E-state index in [0.29, 0.717) is 12.3 Å². The standard InChI is InChI=1S/C17H23N3O2/c1-13(21)19-16-9-7-15(8-10-16)12-18-20-17(22)11-14-5-3-2-4-6-14/h7-10,12,14H,2-6,11H2,1H3,(H,19,21)(H,20,22)/b18-12+. The van der Waals surface area contributed by atoms with Crippen LogP contribution in [0.25, 0.3) is 0 Å².